The van der Waals surface area contributed by atoms with E-state index < -0.39 is 27.8 Å². The molecule has 7 nitrogen and oxygen atoms in total. The van der Waals surface area contributed by atoms with Crippen LogP contribution in [-0.4, -0.2) is 50.4 Å². The molecule has 0 spiro atoms. The van der Waals surface area contributed by atoms with Crippen molar-refractivity contribution >= 4 is 67.8 Å². The molecule has 3 rings (SSSR count). The molecule has 1 unspecified atom stereocenters. The number of rotatable bonds is 11. The van der Waals surface area contributed by atoms with Crippen molar-refractivity contribution in [3.05, 3.63) is 63.6 Å². The van der Waals surface area contributed by atoms with E-state index in [2.05, 4.69) is 10.6 Å². The summed E-state index contributed by atoms with van der Waals surface area (Å²) in [4.78, 5) is 25.8. The number of methoxy groups -OCH3 is 1. The number of ether oxygens (including phenoxy) is 1. The Morgan fingerprint density at radius 1 is 1.11 bits per heavy atom. The summed E-state index contributed by atoms with van der Waals surface area (Å²) in [6.45, 7) is 0. The number of sulfone groups is 1. The van der Waals surface area contributed by atoms with E-state index in [1.54, 1.807) is 42.5 Å². The van der Waals surface area contributed by atoms with Crippen molar-refractivity contribution in [3.63, 3.8) is 0 Å². The van der Waals surface area contributed by atoms with Crippen LogP contribution in [0.4, 0.5) is 5.69 Å². The van der Waals surface area contributed by atoms with Crippen LogP contribution in [0.5, 0.6) is 0 Å². The van der Waals surface area contributed by atoms with Crippen LogP contribution in [0.3, 0.4) is 0 Å². The molecule has 1 saturated carbocycles. The summed E-state index contributed by atoms with van der Waals surface area (Å²) >= 11 is 17.9. The SMILES string of the molecule is COC(=O)C(Cc1ccc(NC(=O)c2c(Cl)cccc2Cl)cc1)NC(=S)C1(CCCS(C)(=O)=O)CCC1. The molecule has 1 aliphatic rings. The third kappa shape index (κ3) is 7.89. The van der Waals surface area contributed by atoms with E-state index in [1.165, 1.54) is 13.4 Å². The van der Waals surface area contributed by atoms with Gasteiger partial charge in [0.25, 0.3) is 5.91 Å². The number of thiocarbonyl (C=S) groups is 1. The van der Waals surface area contributed by atoms with Gasteiger partial charge in [-0.1, -0.05) is 60.0 Å². The Balaban J connectivity index is 1.65. The average Bonchev–Trinajstić information content (AvgIpc) is 2.80. The van der Waals surface area contributed by atoms with E-state index >= 15 is 0 Å². The number of hydrogen-bond acceptors (Lipinski definition) is 6. The zero-order valence-electron chi connectivity index (χ0n) is 20.7. The van der Waals surface area contributed by atoms with Gasteiger partial charge in [-0.05, 0) is 55.5 Å². The van der Waals surface area contributed by atoms with Crippen LogP contribution in [0.15, 0.2) is 42.5 Å². The number of carbonyl (C=O) groups is 2. The predicted octanol–water partition coefficient (Wildman–Crippen LogP) is 5.24. The van der Waals surface area contributed by atoms with Crippen molar-refractivity contribution in [1.29, 1.82) is 0 Å². The maximum absolute atomic E-state index is 12.6. The van der Waals surface area contributed by atoms with Crippen molar-refractivity contribution < 1.29 is 22.7 Å². The molecule has 2 N–H and O–H groups in total. The molecular formula is C26H30Cl2N2O5S2. The Bertz CT molecular complexity index is 1240. The summed E-state index contributed by atoms with van der Waals surface area (Å²) < 4.78 is 28.1. The van der Waals surface area contributed by atoms with Crippen molar-refractivity contribution in [1.82, 2.24) is 5.32 Å². The van der Waals surface area contributed by atoms with Gasteiger partial charge in [0, 0.05) is 29.5 Å². The van der Waals surface area contributed by atoms with E-state index in [4.69, 9.17) is 40.2 Å². The highest BCUT2D eigenvalue weighted by atomic mass is 35.5. The molecule has 0 aliphatic heterocycles. The molecule has 0 bridgehead atoms. The number of carbonyl (C=O) groups excluding carboxylic acids is 2. The lowest BCUT2D eigenvalue weighted by Gasteiger charge is -2.43. The topological polar surface area (TPSA) is 102 Å². The van der Waals surface area contributed by atoms with E-state index in [9.17, 15) is 18.0 Å². The number of benzene rings is 2. The van der Waals surface area contributed by atoms with Gasteiger partial charge < -0.3 is 15.4 Å². The molecule has 0 radical (unpaired) electrons. The maximum atomic E-state index is 12.6. The molecule has 0 heterocycles. The fourth-order valence-corrected chi connectivity index (χ4v) is 6.07. The molecule has 11 heteroatoms. The lowest BCUT2D eigenvalue weighted by molar-refractivity contribution is -0.142. The highest BCUT2D eigenvalue weighted by Crippen LogP contribution is 2.46. The van der Waals surface area contributed by atoms with E-state index in [1.807, 2.05) is 0 Å². The second-order valence-electron chi connectivity index (χ2n) is 9.37. The normalized spacial score (nSPS) is 15.2. The van der Waals surface area contributed by atoms with Gasteiger partial charge in [-0.3, -0.25) is 4.79 Å². The number of hydrogen-bond donors (Lipinski definition) is 2. The van der Waals surface area contributed by atoms with Gasteiger partial charge in [0.2, 0.25) is 0 Å². The number of anilines is 1. The molecule has 2 aromatic rings. The molecule has 1 atom stereocenters. The number of halogens is 2. The molecule has 1 fully saturated rings. The minimum Gasteiger partial charge on any atom is -0.467 e. The second kappa shape index (κ2) is 12.6. The fourth-order valence-electron chi connectivity index (χ4n) is 4.38. The maximum Gasteiger partial charge on any atom is 0.328 e. The fraction of sp³-hybridized carbons (Fsp3) is 0.423. The molecular weight excluding hydrogens is 555 g/mol. The monoisotopic (exact) mass is 584 g/mol. The third-order valence-corrected chi connectivity index (χ3v) is 8.81. The van der Waals surface area contributed by atoms with Crippen LogP contribution < -0.4 is 10.6 Å². The molecule has 37 heavy (non-hydrogen) atoms. The molecule has 0 aromatic heterocycles. The summed E-state index contributed by atoms with van der Waals surface area (Å²) in [5.74, 6) is -0.758. The largest absolute Gasteiger partial charge is 0.467 e. The average molecular weight is 586 g/mol. The van der Waals surface area contributed by atoms with Crippen molar-refractivity contribution in [2.24, 2.45) is 5.41 Å². The Morgan fingerprint density at radius 2 is 1.73 bits per heavy atom. The molecule has 0 saturated heterocycles. The Kier molecular flexibility index (Phi) is 9.97. The third-order valence-electron chi connectivity index (χ3n) is 6.60. The zero-order chi connectivity index (χ0) is 27.2. The van der Waals surface area contributed by atoms with E-state index in [-0.39, 0.29) is 26.8 Å². The summed E-state index contributed by atoms with van der Waals surface area (Å²) in [6, 6.07) is 11.2. The summed E-state index contributed by atoms with van der Waals surface area (Å²) in [7, 11) is -1.72. The first kappa shape index (κ1) is 29.4. The first-order valence-electron chi connectivity index (χ1n) is 11.8. The van der Waals surface area contributed by atoms with Gasteiger partial charge in [-0.2, -0.15) is 0 Å². The smallest absolute Gasteiger partial charge is 0.328 e. The number of nitrogens with one attached hydrogen (secondary N) is 2. The van der Waals surface area contributed by atoms with Crippen LogP contribution in [0.2, 0.25) is 10.0 Å². The van der Waals surface area contributed by atoms with Crippen LogP contribution >= 0.6 is 35.4 Å². The van der Waals surface area contributed by atoms with E-state index in [0.29, 0.717) is 29.9 Å². The number of esters is 1. The Labute approximate surface area is 233 Å². The minimum absolute atomic E-state index is 0.114. The summed E-state index contributed by atoms with van der Waals surface area (Å²) in [5, 5.41) is 6.48. The van der Waals surface area contributed by atoms with Gasteiger partial charge in [0.1, 0.15) is 15.9 Å². The Morgan fingerprint density at radius 3 is 2.24 bits per heavy atom. The van der Waals surface area contributed by atoms with Gasteiger partial charge in [0.15, 0.2) is 0 Å². The lowest BCUT2D eigenvalue weighted by atomic mass is 9.66. The van der Waals surface area contributed by atoms with Crippen LogP contribution in [-0.2, 0) is 25.8 Å². The first-order chi connectivity index (χ1) is 17.4. The van der Waals surface area contributed by atoms with Gasteiger partial charge in [-0.15, -0.1) is 0 Å². The quantitative estimate of drug-likeness (QED) is 0.275. The number of amides is 1. The van der Waals surface area contributed by atoms with Crippen molar-refractivity contribution in [2.75, 3.05) is 24.4 Å². The highest BCUT2D eigenvalue weighted by molar-refractivity contribution is 7.90. The minimum atomic E-state index is -3.05. The molecule has 2 aromatic carbocycles. The second-order valence-corrected chi connectivity index (χ2v) is 12.9. The predicted molar refractivity (Wildman–Crippen MR) is 151 cm³/mol. The van der Waals surface area contributed by atoms with Crippen molar-refractivity contribution in [2.45, 2.75) is 44.6 Å². The lowest BCUT2D eigenvalue weighted by Crippen LogP contribution is -2.51. The molecule has 1 aliphatic carbocycles. The van der Waals surface area contributed by atoms with Gasteiger partial charge in [0.05, 0.1) is 27.7 Å². The summed E-state index contributed by atoms with van der Waals surface area (Å²) in [6.07, 6.45) is 5.46. The van der Waals surface area contributed by atoms with Gasteiger partial charge >= 0.3 is 5.97 Å². The summed E-state index contributed by atoms with van der Waals surface area (Å²) in [5.41, 5.74) is 1.28. The zero-order valence-corrected chi connectivity index (χ0v) is 23.8. The van der Waals surface area contributed by atoms with Gasteiger partial charge in [-0.25, -0.2) is 13.2 Å². The van der Waals surface area contributed by atoms with Crippen LogP contribution in [0.25, 0.3) is 0 Å². The first-order valence-corrected chi connectivity index (χ1v) is 15.1. The highest BCUT2D eigenvalue weighted by Gasteiger charge is 2.42. The van der Waals surface area contributed by atoms with Crippen LogP contribution in [0.1, 0.15) is 48.0 Å². The Hall–Kier alpha value is -2.20. The van der Waals surface area contributed by atoms with Crippen LogP contribution in [0, 0.1) is 5.41 Å². The van der Waals surface area contributed by atoms with E-state index in [0.717, 1.165) is 24.8 Å². The molecule has 200 valence electrons. The molecule has 1 amide bonds. The van der Waals surface area contributed by atoms with Crippen molar-refractivity contribution in [3.8, 4) is 0 Å². The standard InChI is InChI=1S/C26H30Cl2N2O5S2/c1-35-24(32)21(30-25(36)26(12-4-13-26)14-5-15-37(2,33)34)16-17-8-10-18(11-9-17)29-23(31)22-19(27)6-3-7-20(22)28/h3,6-11,21H,4-5,12-16H2,1-2H3,(H,29,31)(H,30,36).